The van der Waals surface area contributed by atoms with Gasteiger partial charge in [0.1, 0.15) is 5.56 Å². The van der Waals surface area contributed by atoms with Crippen molar-refractivity contribution in [3.63, 3.8) is 0 Å². The zero-order valence-electron chi connectivity index (χ0n) is 15.2. The van der Waals surface area contributed by atoms with Gasteiger partial charge in [0.2, 0.25) is 5.91 Å². The van der Waals surface area contributed by atoms with Gasteiger partial charge in [0.15, 0.2) is 0 Å². The molecule has 0 unspecified atom stereocenters. The van der Waals surface area contributed by atoms with Crippen LogP contribution in [0, 0.1) is 0 Å². The molecule has 0 bridgehead atoms. The number of aromatic nitrogens is 1. The van der Waals surface area contributed by atoms with E-state index in [-0.39, 0.29) is 18.1 Å². The number of anilines is 3. The number of nitrogens with zero attached hydrogens (tertiary/aromatic N) is 1. The fourth-order valence-corrected chi connectivity index (χ4v) is 3.06. The Balaban J connectivity index is 2.08. The maximum Gasteiger partial charge on any atom is 0.341 e. The lowest BCUT2D eigenvalue weighted by Crippen LogP contribution is -2.09. The Morgan fingerprint density at radius 1 is 1.07 bits per heavy atom. The van der Waals surface area contributed by atoms with E-state index in [1.54, 1.807) is 43.3 Å². The SMILES string of the molecule is CCOC(=O)c1cnc2c(Cl)c(Cl)ccc2c1Nc1ccc(NC(C)=O)cc1. The summed E-state index contributed by atoms with van der Waals surface area (Å²) in [4.78, 5) is 27.9. The number of pyridine rings is 1. The highest BCUT2D eigenvalue weighted by Gasteiger charge is 2.19. The molecule has 0 aliphatic carbocycles. The Morgan fingerprint density at radius 3 is 2.39 bits per heavy atom. The minimum Gasteiger partial charge on any atom is -0.462 e. The fraction of sp³-hybridized carbons (Fsp3) is 0.150. The Morgan fingerprint density at radius 2 is 1.75 bits per heavy atom. The van der Waals surface area contributed by atoms with Crippen LogP contribution < -0.4 is 10.6 Å². The molecule has 144 valence electrons. The topological polar surface area (TPSA) is 80.3 Å². The van der Waals surface area contributed by atoms with Crippen LogP contribution in [0.1, 0.15) is 24.2 Å². The molecule has 3 aromatic rings. The van der Waals surface area contributed by atoms with Gasteiger partial charge < -0.3 is 15.4 Å². The molecule has 0 atom stereocenters. The number of hydrogen-bond acceptors (Lipinski definition) is 5. The number of hydrogen-bond donors (Lipinski definition) is 2. The summed E-state index contributed by atoms with van der Waals surface area (Å²) in [6.45, 7) is 3.41. The van der Waals surface area contributed by atoms with Crippen molar-refractivity contribution in [1.29, 1.82) is 0 Å². The zero-order valence-corrected chi connectivity index (χ0v) is 16.7. The summed E-state index contributed by atoms with van der Waals surface area (Å²) in [6, 6.07) is 10.5. The smallest absolute Gasteiger partial charge is 0.341 e. The highest BCUT2D eigenvalue weighted by Crippen LogP contribution is 2.36. The summed E-state index contributed by atoms with van der Waals surface area (Å²) in [5.74, 6) is -0.655. The molecule has 0 spiro atoms. The number of amides is 1. The van der Waals surface area contributed by atoms with Crippen molar-refractivity contribution >= 4 is 63.0 Å². The Hall–Kier alpha value is -2.83. The number of esters is 1. The summed E-state index contributed by atoms with van der Waals surface area (Å²) in [5, 5.41) is 7.24. The first-order chi connectivity index (χ1) is 13.4. The van der Waals surface area contributed by atoms with Gasteiger partial charge in [-0.15, -0.1) is 0 Å². The second kappa shape index (κ2) is 8.46. The molecule has 1 heterocycles. The van der Waals surface area contributed by atoms with Crippen LogP contribution in [0.5, 0.6) is 0 Å². The van der Waals surface area contributed by atoms with Crippen molar-refractivity contribution in [2.45, 2.75) is 13.8 Å². The highest BCUT2D eigenvalue weighted by molar-refractivity contribution is 6.45. The van der Waals surface area contributed by atoms with E-state index in [2.05, 4.69) is 15.6 Å². The third-order valence-electron chi connectivity index (χ3n) is 3.90. The average Bonchev–Trinajstić information content (AvgIpc) is 2.66. The largest absolute Gasteiger partial charge is 0.462 e. The van der Waals surface area contributed by atoms with E-state index in [1.165, 1.54) is 13.1 Å². The molecule has 3 rings (SSSR count). The van der Waals surface area contributed by atoms with E-state index in [9.17, 15) is 9.59 Å². The molecule has 1 aromatic heterocycles. The molecule has 0 saturated carbocycles. The molecule has 1 amide bonds. The van der Waals surface area contributed by atoms with E-state index in [0.717, 1.165) is 0 Å². The van der Waals surface area contributed by atoms with Crippen LogP contribution in [0.2, 0.25) is 10.0 Å². The van der Waals surface area contributed by atoms with E-state index in [1.807, 2.05) is 0 Å². The highest BCUT2D eigenvalue weighted by atomic mass is 35.5. The predicted molar refractivity (Wildman–Crippen MR) is 112 cm³/mol. The third kappa shape index (κ3) is 4.18. The molecule has 0 aliphatic heterocycles. The van der Waals surface area contributed by atoms with Gasteiger partial charge in [0.25, 0.3) is 0 Å². The normalized spacial score (nSPS) is 10.6. The summed E-state index contributed by atoms with van der Waals surface area (Å²) in [6.07, 6.45) is 1.41. The van der Waals surface area contributed by atoms with Gasteiger partial charge in [-0.3, -0.25) is 9.78 Å². The molecule has 0 saturated heterocycles. The van der Waals surface area contributed by atoms with Crippen LogP contribution in [0.4, 0.5) is 17.1 Å². The number of nitrogens with one attached hydrogen (secondary N) is 2. The first-order valence-corrected chi connectivity index (χ1v) is 9.24. The number of rotatable bonds is 5. The molecule has 0 radical (unpaired) electrons. The molecule has 28 heavy (non-hydrogen) atoms. The van der Waals surface area contributed by atoms with Crippen LogP contribution in [-0.2, 0) is 9.53 Å². The van der Waals surface area contributed by atoms with Crippen LogP contribution in [-0.4, -0.2) is 23.5 Å². The lowest BCUT2D eigenvalue weighted by atomic mass is 10.1. The first-order valence-electron chi connectivity index (χ1n) is 8.49. The molecular weight excluding hydrogens is 401 g/mol. The van der Waals surface area contributed by atoms with Crippen molar-refractivity contribution in [3.8, 4) is 0 Å². The van der Waals surface area contributed by atoms with Gasteiger partial charge in [-0.1, -0.05) is 23.2 Å². The number of ether oxygens (including phenoxy) is 1. The van der Waals surface area contributed by atoms with Gasteiger partial charge in [0, 0.05) is 29.9 Å². The van der Waals surface area contributed by atoms with Crippen LogP contribution in [0.15, 0.2) is 42.6 Å². The number of fused-ring (bicyclic) bond motifs is 1. The molecule has 0 fully saturated rings. The Labute approximate surface area is 171 Å². The predicted octanol–water partition coefficient (Wildman–Crippen LogP) is 5.42. The molecule has 6 nitrogen and oxygen atoms in total. The van der Waals surface area contributed by atoms with Crippen molar-refractivity contribution < 1.29 is 14.3 Å². The van der Waals surface area contributed by atoms with Crippen LogP contribution >= 0.6 is 23.2 Å². The summed E-state index contributed by atoms with van der Waals surface area (Å²) in [5.41, 5.74) is 2.63. The minimum atomic E-state index is -0.500. The van der Waals surface area contributed by atoms with Crippen molar-refractivity contribution in [2.24, 2.45) is 0 Å². The molecule has 2 aromatic carbocycles. The van der Waals surface area contributed by atoms with Gasteiger partial charge in [-0.05, 0) is 43.3 Å². The second-order valence-electron chi connectivity index (χ2n) is 5.91. The standard InChI is InChI=1S/C20H17Cl2N3O3/c1-3-28-20(27)15-10-23-19-14(8-9-16(21)17(19)22)18(15)25-13-6-4-12(5-7-13)24-11(2)26/h4-10H,3H2,1-2H3,(H,23,25)(H,24,26). The molecule has 2 N–H and O–H groups in total. The molecule has 0 aliphatic rings. The number of carbonyl (C=O) groups excluding carboxylic acids is 2. The number of carbonyl (C=O) groups is 2. The fourth-order valence-electron chi connectivity index (χ4n) is 2.69. The third-order valence-corrected chi connectivity index (χ3v) is 4.69. The Kier molecular flexibility index (Phi) is 6.02. The Bertz CT molecular complexity index is 1050. The maximum absolute atomic E-state index is 12.4. The summed E-state index contributed by atoms with van der Waals surface area (Å²) < 4.78 is 5.15. The quantitative estimate of drug-likeness (QED) is 0.541. The molecular formula is C20H17Cl2N3O3. The van der Waals surface area contributed by atoms with Crippen LogP contribution in [0.25, 0.3) is 10.9 Å². The molecule has 8 heteroatoms. The van der Waals surface area contributed by atoms with E-state index < -0.39 is 5.97 Å². The van der Waals surface area contributed by atoms with E-state index in [0.29, 0.717) is 38.0 Å². The monoisotopic (exact) mass is 417 g/mol. The van der Waals surface area contributed by atoms with Gasteiger partial charge >= 0.3 is 5.97 Å². The minimum absolute atomic E-state index is 0.156. The summed E-state index contributed by atoms with van der Waals surface area (Å²) >= 11 is 12.4. The van der Waals surface area contributed by atoms with Crippen molar-refractivity contribution in [2.75, 3.05) is 17.2 Å². The van der Waals surface area contributed by atoms with E-state index in [4.69, 9.17) is 27.9 Å². The van der Waals surface area contributed by atoms with E-state index >= 15 is 0 Å². The van der Waals surface area contributed by atoms with Gasteiger partial charge in [-0.2, -0.15) is 0 Å². The number of benzene rings is 2. The zero-order chi connectivity index (χ0) is 20.3. The van der Waals surface area contributed by atoms with Crippen molar-refractivity contribution in [3.05, 3.63) is 58.2 Å². The van der Waals surface area contributed by atoms with Crippen molar-refractivity contribution in [1.82, 2.24) is 4.98 Å². The number of halogens is 2. The second-order valence-corrected chi connectivity index (χ2v) is 6.69. The maximum atomic E-state index is 12.4. The summed E-state index contributed by atoms with van der Waals surface area (Å²) in [7, 11) is 0. The lowest BCUT2D eigenvalue weighted by molar-refractivity contribution is -0.114. The van der Waals surface area contributed by atoms with Gasteiger partial charge in [0.05, 0.1) is 27.9 Å². The first kappa shape index (κ1) is 19.9. The average molecular weight is 418 g/mol. The van der Waals surface area contributed by atoms with Crippen LogP contribution in [0.3, 0.4) is 0 Å². The van der Waals surface area contributed by atoms with Gasteiger partial charge in [-0.25, -0.2) is 4.79 Å². The lowest BCUT2D eigenvalue weighted by Gasteiger charge is -2.15.